The van der Waals surface area contributed by atoms with Crippen molar-refractivity contribution in [1.82, 2.24) is 4.98 Å². The van der Waals surface area contributed by atoms with E-state index in [0.717, 1.165) is 0 Å². The lowest BCUT2D eigenvalue weighted by atomic mass is 10.1. The molecule has 1 aromatic heterocycles. The summed E-state index contributed by atoms with van der Waals surface area (Å²) in [4.78, 5) is 27.5. The average Bonchev–Trinajstić information content (AvgIpc) is 3.12. The number of aromatic amines is 1. The van der Waals surface area contributed by atoms with E-state index >= 15 is 0 Å². The van der Waals surface area contributed by atoms with E-state index in [1.54, 1.807) is 73.8 Å². The van der Waals surface area contributed by atoms with E-state index in [-0.39, 0.29) is 17.5 Å². The smallest absolute Gasteiger partial charge is 0.295 e. The number of amides is 2. The van der Waals surface area contributed by atoms with Gasteiger partial charge < -0.3 is 20.1 Å². The van der Waals surface area contributed by atoms with Crippen LogP contribution in [0.3, 0.4) is 0 Å². The molecule has 0 atom stereocenters. The molecule has 0 bridgehead atoms. The number of hydrogen-bond acceptors (Lipinski definition) is 5. The Bertz CT molecular complexity index is 1280. The Labute approximate surface area is 177 Å². The lowest BCUT2D eigenvalue weighted by molar-refractivity contribution is 0.0993. The van der Waals surface area contributed by atoms with E-state index in [1.807, 2.05) is 6.07 Å². The number of para-hydroxylation sites is 1. The fraction of sp³-hybridized carbons (Fsp3) is 0.0435. The zero-order valence-corrected chi connectivity index (χ0v) is 16.5. The van der Waals surface area contributed by atoms with E-state index in [2.05, 4.69) is 20.5 Å². The maximum Gasteiger partial charge on any atom is 0.295 e. The molecule has 3 aromatic carbocycles. The molecule has 4 aromatic rings. The monoisotopic (exact) mass is 414 g/mol. The molecule has 0 fully saturated rings. The zero-order valence-electron chi connectivity index (χ0n) is 16.5. The van der Waals surface area contributed by atoms with Crippen molar-refractivity contribution in [1.29, 1.82) is 0 Å². The van der Waals surface area contributed by atoms with Gasteiger partial charge in [-0.1, -0.05) is 18.2 Å². The summed E-state index contributed by atoms with van der Waals surface area (Å²) in [5.41, 5.74) is 2.20. The summed E-state index contributed by atoms with van der Waals surface area (Å²) in [7, 11) is 1.56. The van der Waals surface area contributed by atoms with Crippen LogP contribution in [0.25, 0.3) is 10.9 Å². The maximum atomic E-state index is 12.4. The predicted molar refractivity (Wildman–Crippen MR) is 116 cm³/mol. The Morgan fingerprint density at radius 1 is 0.935 bits per heavy atom. The fourth-order valence-corrected chi connectivity index (χ4v) is 3.01. The Kier molecular flexibility index (Phi) is 5.44. The number of carbonyl (C=O) groups excluding carboxylic acids is 2. The van der Waals surface area contributed by atoms with Crippen LogP contribution in [-0.4, -0.2) is 29.0 Å². The molecular formula is C23H18N4O4. The number of ether oxygens (including phenoxy) is 1. The molecule has 31 heavy (non-hydrogen) atoms. The van der Waals surface area contributed by atoms with Gasteiger partial charge in [0.1, 0.15) is 5.75 Å². The van der Waals surface area contributed by atoms with E-state index in [1.165, 1.54) is 0 Å². The lowest BCUT2D eigenvalue weighted by Gasteiger charge is -2.06. The van der Waals surface area contributed by atoms with E-state index in [4.69, 9.17) is 4.74 Å². The minimum absolute atomic E-state index is 0.158. The number of aromatic hydroxyl groups is 1. The topological polar surface area (TPSA) is 116 Å². The molecule has 0 saturated heterocycles. The van der Waals surface area contributed by atoms with Gasteiger partial charge in [0.05, 0.1) is 12.6 Å². The fourth-order valence-electron chi connectivity index (χ4n) is 3.01. The first-order valence-corrected chi connectivity index (χ1v) is 9.36. The number of nitrogens with one attached hydrogen (secondary N) is 2. The summed E-state index contributed by atoms with van der Waals surface area (Å²) in [5, 5.41) is 21.0. The van der Waals surface area contributed by atoms with E-state index in [0.29, 0.717) is 33.5 Å². The van der Waals surface area contributed by atoms with Gasteiger partial charge in [0.15, 0.2) is 5.69 Å². The molecule has 0 aliphatic rings. The van der Waals surface area contributed by atoms with Crippen molar-refractivity contribution in [2.24, 2.45) is 10.2 Å². The van der Waals surface area contributed by atoms with Crippen LogP contribution in [0.4, 0.5) is 11.4 Å². The van der Waals surface area contributed by atoms with Crippen molar-refractivity contribution in [2.45, 2.75) is 0 Å². The van der Waals surface area contributed by atoms with Gasteiger partial charge in [-0.25, -0.2) is 0 Å². The summed E-state index contributed by atoms with van der Waals surface area (Å²) in [6.45, 7) is 0. The molecule has 1 heterocycles. The number of fused-ring (bicyclic) bond motifs is 1. The summed E-state index contributed by atoms with van der Waals surface area (Å²) >= 11 is 0. The van der Waals surface area contributed by atoms with Crippen LogP contribution >= 0.6 is 0 Å². The average molecular weight is 414 g/mol. The predicted octanol–water partition coefficient (Wildman–Crippen LogP) is 5.06. The van der Waals surface area contributed by atoms with Crippen LogP contribution in [0, 0.1) is 0 Å². The van der Waals surface area contributed by atoms with Crippen molar-refractivity contribution in [3.8, 4) is 11.6 Å². The molecular weight excluding hydrogens is 396 g/mol. The van der Waals surface area contributed by atoms with Gasteiger partial charge >= 0.3 is 0 Å². The van der Waals surface area contributed by atoms with Crippen molar-refractivity contribution in [2.75, 3.05) is 12.4 Å². The summed E-state index contributed by atoms with van der Waals surface area (Å²) in [6.07, 6.45) is 0. The minimum Gasteiger partial charge on any atom is -0.497 e. The molecule has 0 saturated carbocycles. The number of anilines is 1. The number of rotatable bonds is 5. The molecule has 0 radical (unpaired) electrons. The SMILES string of the molecule is COc1ccc(C(=O)Nc2ccc(C(=O)N=Nc3c(O)[nH]c4ccccc34)cc2)cc1. The first kappa shape index (κ1) is 19.8. The highest BCUT2D eigenvalue weighted by atomic mass is 16.5. The van der Waals surface area contributed by atoms with E-state index in [9.17, 15) is 14.7 Å². The molecule has 4 rings (SSSR count). The third kappa shape index (κ3) is 4.27. The molecule has 154 valence electrons. The highest BCUT2D eigenvalue weighted by Gasteiger charge is 2.12. The highest BCUT2D eigenvalue weighted by Crippen LogP contribution is 2.35. The molecule has 0 aliphatic carbocycles. The summed E-state index contributed by atoms with van der Waals surface area (Å²) in [5.74, 6) is -0.349. The normalized spacial score (nSPS) is 11.0. The second-order valence-corrected chi connectivity index (χ2v) is 6.63. The number of benzene rings is 3. The molecule has 2 amide bonds. The number of azo groups is 1. The number of carbonyl (C=O) groups is 2. The van der Waals surface area contributed by atoms with Crippen LogP contribution in [0.2, 0.25) is 0 Å². The van der Waals surface area contributed by atoms with Gasteiger partial charge in [0.25, 0.3) is 11.8 Å². The van der Waals surface area contributed by atoms with Gasteiger partial charge in [0, 0.05) is 22.2 Å². The van der Waals surface area contributed by atoms with Crippen LogP contribution in [0.5, 0.6) is 11.6 Å². The zero-order chi connectivity index (χ0) is 21.8. The van der Waals surface area contributed by atoms with Crippen molar-refractivity contribution in [3.63, 3.8) is 0 Å². The van der Waals surface area contributed by atoms with Gasteiger partial charge in [-0.05, 0) is 54.6 Å². The standard InChI is InChI=1S/C23H18N4O4/c1-31-17-12-8-14(9-13-17)21(28)24-16-10-6-15(7-11-16)22(29)27-26-20-18-4-2-3-5-19(18)25-23(20)30/h2-13,25,30H,1H3,(H,24,28). The third-order valence-electron chi connectivity index (χ3n) is 4.64. The van der Waals surface area contributed by atoms with Gasteiger partial charge in [-0.2, -0.15) is 0 Å². The quantitative estimate of drug-likeness (QED) is 0.396. The van der Waals surface area contributed by atoms with Gasteiger partial charge in [-0.15, -0.1) is 10.2 Å². The lowest BCUT2D eigenvalue weighted by Crippen LogP contribution is -2.11. The van der Waals surface area contributed by atoms with Gasteiger partial charge in [0.2, 0.25) is 5.88 Å². The summed E-state index contributed by atoms with van der Waals surface area (Å²) < 4.78 is 5.08. The second-order valence-electron chi connectivity index (χ2n) is 6.63. The van der Waals surface area contributed by atoms with Crippen molar-refractivity contribution >= 4 is 34.1 Å². The number of nitrogens with zero attached hydrogens (tertiary/aromatic N) is 2. The van der Waals surface area contributed by atoms with Gasteiger partial charge in [-0.3, -0.25) is 9.59 Å². The second kappa shape index (κ2) is 8.50. The molecule has 0 spiro atoms. The molecule has 8 heteroatoms. The minimum atomic E-state index is -0.572. The summed E-state index contributed by atoms with van der Waals surface area (Å²) in [6, 6.07) is 20.2. The number of aromatic nitrogens is 1. The molecule has 0 unspecified atom stereocenters. The molecule has 0 aliphatic heterocycles. The maximum absolute atomic E-state index is 12.4. The largest absolute Gasteiger partial charge is 0.497 e. The highest BCUT2D eigenvalue weighted by molar-refractivity contribution is 6.04. The number of hydrogen-bond donors (Lipinski definition) is 3. The molecule has 3 N–H and O–H groups in total. The van der Waals surface area contributed by atoms with Crippen LogP contribution in [0.15, 0.2) is 83.0 Å². The first-order valence-electron chi connectivity index (χ1n) is 9.36. The third-order valence-corrected chi connectivity index (χ3v) is 4.64. The van der Waals surface area contributed by atoms with Crippen LogP contribution < -0.4 is 10.1 Å². The Morgan fingerprint density at radius 2 is 1.61 bits per heavy atom. The van der Waals surface area contributed by atoms with Crippen molar-refractivity contribution < 1.29 is 19.4 Å². The Morgan fingerprint density at radius 3 is 2.32 bits per heavy atom. The van der Waals surface area contributed by atoms with Crippen LogP contribution in [-0.2, 0) is 0 Å². The first-order chi connectivity index (χ1) is 15.0. The van der Waals surface area contributed by atoms with E-state index < -0.39 is 5.91 Å². The Balaban J connectivity index is 1.44. The molecule has 8 nitrogen and oxygen atoms in total. The Hall–Kier alpha value is -4.46. The number of methoxy groups -OCH3 is 1. The van der Waals surface area contributed by atoms with Crippen LogP contribution in [0.1, 0.15) is 20.7 Å². The number of H-pyrrole nitrogens is 1. The van der Waals surface area contributed by atoms with Crippen molar-refractivity contribution in [3.05, 3.63) is 83.9 Å².